The molecule has 3 rings (SSSR count). The highest BCUT2D eigenvalue weighted by atomic mass is 16.6. The maximum Gasteiger partial charge on any atom is 0.254 e. The topological polar surface area (TPSA) is 68.5 Å². The van der Waals surface area contributed by atoms with E-state index in [1.807, 2.05) is 32.0 Å². The average Bonchev–Trinajstić information content (AvgIpc) is 3.23. The summed E-state index contributed by atoms with van der Waals surface area (Å²) in [6.07, 6.45) is 4.94. The van der Waals surface area contributed by atoms with E-state index in [-0.39, 0.29) is 18.1 Å². The molecule has 6 heteroatoms. The molecule has 24 heavy (non-hydrogen) atoms. The average molecular weight is 326 g/mol. The van der Waals surface area contributed by atoms with E-state index in [9.17, 15) is 4.79 Å². The quantitative estimate of drug-likeness (QED) is 0.887. The highest BCUT2D eigenvalue weighted by molar-refractivity contribution is 5.97. The van der Waals surface area contributed by atoms with Gasteiger partial charge in [-0.1, -0.05) is 35.5 Å². The standard InChI is InChI=1S/C18H22N4O2/c1-13(2)22-12-15(10-20-22)18(23)19-11-16-9-17(24-21-16)8-14-6-4-3-5-7-14/h3-7,10,12-13,17H,8-9,11H2,1-2H3,(H,19,23). The van der Waals surface area contributed by atoms with Gasteiger partial charge in [0.2, 0.25) is 0 Å². The molecule has 2 aromatic rings. The van der Waals surface area contributed by atoms with Crippen molar-refractivity contribution in [1.29, 1.82) is 0 Å². The van der Waals surface area contributed by atoms with Crippen LogP contribution in [0.5, 0.6) is 0 Å². The normalized spacial score (nSPS) is 16.8. The number of nitrogens with one attached hydrogen (secondary N) is 1. The first-order chi connectivity index (χ1) is 11.6. The summed E-state index contributed by atoms with van der Waals surface area (Å²) in [5.41, 5.74) is 2.65. The Kier molecular flexibility index (Phi) is 4.93. The minimum Gasteiger partial charge on any atom is -0.392 e. The third-order valence-electron chi connectivity index (χ3n) is 3.95. The lowest BCUT2D eigenvalue weighted by Gasteiger charge is -2.07. The predicted molar refractivity (Wildman–Crippen MR) is 92.0 cm³/mol. The molecule has 0 bridgehead atoms. The van der Waals surface area contributed by atoms with E-state index in [4.69, 9.17) is 4.84 Å². The van der Waals surface area contributed by atoms with E-state index in [1.54, 1.807) is 17.1 Å². The fourth-order valence-electron chi connectivity index (χ4n) is 2.60. The monoisotopic (exact) mass is 326 g/mol. The molecule has 0 aliphatic carbocycles. The second-order valence-electron chi connectivity index (χ2n) is 6.26. The van der Waals surface area contributed by atoms with Crippen LogP contribution in [-0.2, 0) is 11.3 Å². The van der Waals surface area contributed by atoms with Gasteiger partial charge in [-0.25, -0.2) is 0 Å². The van der Waals surface area contributed by atoms with Crippen molar-refractivity contribution in [3.05, 3.63) is 53.9 Å². The van der Waals surface area contributed by atoms with Crippen LogP contribution in [0.15, 0.2) is 47.9 Å². The van der Waals surface area contributed by atoms with Gasteiger partial charge in [0.1, 0.15) is 6.10 Å². The van der Waals surface area contributed by atoms with Crippen molar-refractivity contribution in [2.75, 3.05) is 6.54 Å². The van der Waals surface area contributed by atoms with Crippen LogP contribution in [0, 0.1) is 0 Å². The lowest BCUT2D eigenvalue weighted by molar-refractivity contribution is 0.0859. The van der Waals surface area contributed by atoms with Crippen LogP contribution in [0.4, 0.5) is 0 Å². The maximum atomic E-state index is 12.1. The second kappa shape index (κ2) is 7.29. The van der Waals surface area contributed by atoms with Crippen molar-refractivity contribution in [2.45, 2.75) is 38.8 Å². The molecule has 0 saturated heterocycles. The van der Waals surface area contributed by atoms with Crippen molar-refractivity contribution in [2.24, 2.45) is 5.16 Å². The maximum absolute atomic E-state index is 12.1. The largest absolute Gasteiger partial charge is 0.392 e. The minimum atomic E-state index is -0.142. The molecular formula is C18H22N4O2. The van der Waals surface area contributed by atoms with E-state index in [1.165, 1.54) is 5.56 Å². The number of carbonyl (C=O) groups excluding carboxylic acids is 1. The lowest BCUT2D eigenvalue weighted by Crippen LogP contribution is -2.29. The molecule has 1 N–H and O–H groups in total. The van der Waals surface area contributed by atoms with Gasteiger partial charge in [0.15, 0.2) is 0 Å². The van der Waals surface area contributed by atoms with Crippen LogP contribution in [-0.4, -0.2) is 34.0 Å². The van der Waals surface area contributed by atoms with Gasteiger partial charge in [-0.15, -0.1) is 0 Å². The number of carbonyl (C=O) groups is 1. The first-order valence-corrected chi connectivity index (χ1v) is 8.19. The SMILES string of the molecule is CC(C)n1cc(C(=O)NCC2=NOC(Cc3ccccc3)C2)cn1. The van der Waals surface area contributed by atoms with Crippen molar-refractivity contribution >= 4 is 11.6 Å². The number of hydrogen-bond donors (Lipinski definition) is 1. The first kappa shape index (κ1) is 16.2. The Hall–Kier alpha value is -2.63. The molecule has 1 amide bonds. The smallest absolute Gasteiger partial charge is 0.254 e. The number of nitrogens with zero attached hydrogens (tertiary/aromatic N) is 3. The van der Waals surface area contributed by atoms with Gasteiger partial charge in [-0.3, -0.25) is 9.48 Å². The highest BCUT2D eigenvalue weighted by Crippen LogP contribution is 2.15. The zero-order valence-electron chi connectivity index (χ0n) is 14.0. The van der Waals surface area contributed by atoms with Gasteiger partial charge in [0, 0.05) is 25.1 Å². The molecule has 0 radical (unpaired) electrons. The number of rotatable bonds is 6. The third kappa shape index (κ3) is 4.01. The Labute approximate surface area is 141 Å². The van der Waals surface area contributed by atoms with Crippen LogP contribution in [0.1, 0.15) is 42.2 Å². The number of amides is 1. The second-order valence-corrected chi connectivity index (χ2v) is 6.26. The third-order valence-corrected chi connectivity index (χ3v) is 3.95. The fourth-order valence-corrected chi connectivity index (χ4v) is 2.60. The molecule has 0 fully saturated rings. The molecule has 6 nitrogen and oxygen atoms in total. The summed E-state index contributed by atoms with van der Waals surface area (Å²) in [6, 6.07) is 10.4. The van der Waals surface area contributed by atoms with Crippen LogP contribution >= 0.6 is 0 Å². The molecule has 1 aromatic heterocycles. The summed E-state index contributed by atoms with van der Waals surface area (Å²) >= 11 is 0. The molecule has 1 aliphatic rings. The lowest BCUT2D eigenvalue weighted by atomic mass is 10.0. The highest BCUT2D eigenvalue weighted by Gasteiger charge is 2.22. The Bertz CT molecular complexity index is 722. The zero-order chi connectivity index (χ0) is 16.9. The van der Waals surface area contributed by atoms with E-state index in [0.29, 0.717) is 12.1 Å². The Morgan fingerprint density at radius 1 is 1.38 bits per heavy atom. The van der Waals surface area contributed by atoms with Gasteiger partial charge < -0.3 is 10.2 Å². The summed E-state index contributed by atoms with van der Waals surface area (Å²) in [6.45, 7) is 4.44. The summed E-state index contributed by atoms with van der Waals surface area (Å²) in [7, 11) is 0. The summed E-state index contributed by atoms with van der Waals surface area (Å²) in [5.74, 6) is -0.142. The van der Waals surface area contributed by atoms with Gasteiger partial charge >= 0.3 is 0 Å². The van der Waals surface area contributed by atoms with E-state index in [2.05, 4.69) is 27.7 Å². The van der Waals surface area contributed by atoms with Crippen LogP contribution in [0.25, 0.3) is 0 Å². The molecular weight excluding hydrogens is 304 g/mol. The predicted octanol–water partition coefficient (Wildman–Crippen LogP) is 2.58. The fraction of sp³-hybridized carbons (Fsp3) is 0.389. The van der Waals surface area contributed by atoms with Gasteiger partial charge in [0.25, 0.3) is 5.91 Å². The molecule has 1 atom stereocenters. The molecule has 2 heterocycles. The number of hydrogen-bond acceptors (Lipinski definition) is 4. The van der Waals surface area contributed by atoms with Crippen LogP contribution < -0.4 is 5.32 Å². The van der Waals surface area contributed by atoms with Gasteiger partial charge in [-0.2, -0.15) is 5.10 Å². The first-order valence-electron chi connectivity index (χ1n) is 8.19. The molecule has 126 valence electrons. The van der Waals surface area contributed by atoms with Crippen molar-refractivity contribution in [3.63, 3.8) is 0 Å². The molecule has 1 aromatic carbocycles. The summed E-state index contributed by atoms with van der Waals surface area (Å²) in [5, 5.41) is 11.1. The number of benzene rings is 1. The van der Waals surface area contributed by atoms with Crippen molar-refractivity contribution in [1.82, 2.24) is 15.1 Å². The molecule has 0 spiro atoms. The van der Waals surface area contributed by atoms with E-state index < -0.39 is 0 Å². The van der Waals surface area contributed by atoms with E-state index >= 15 is 0 Å². The van der Waals surface area contributed by atoms with Crippen LogP contribution in [0.3, 0.4) is 0 Å². The van der Waals surface area contributed by atoms with Crippen molar-refractivity contribution < 1.29 is 9.63 Å². The number of oxime groups is 1. The molecule has 0 saturated carbocycles. The summed E-state index contributed by atoms with van der Waals surface area (Å²) in [4.78, 5) is 17.6. The van der Waals surface area contributed by atoms with Crippen LogP contribution in [0.2, 0.25) is 0 Å². The van der Waals surface area contributed by atoms with Crippen molar-refractivity contribution in [3.8, 4) is 0 Å². The van der Waals surface area contributed by atoms with Gasteiger partial charge in [-0.05, 0) is 19.4 Å². The Morgan fingerprint density at radius 2 is 2.17 bits per heavy atom. The summed E-state index contributed by atoms with van der Waals surface area (Å²) < 4.78 is 1.76. The Morgan fingerprint density at radius 3 is 2.88 bits per heavy atom. The molecule has 1 unspecified atom stereocenters. The minimum absolute atomic E-state index is 0.0444. The molecule has 1 aliphatic heterocycles. The number of aromatic nitrogens is 2. The Balaban J connectivity index is 1.46. The van der Waals surface area contributed by atoms with E-state index in [0.717, 1.165) is 18.6 Å². The zero-order valence-corrected chi connectivity index (χ0v) is 14.0. The van der Waals surface area contributed by atoms with Gasteiger partial charge in [0.05, 0.1) is 24.0 Å².